The van der Waals surface area contributed by atoms with Crippen LogP contribution in [0.25, 0.3) is 0 Å². The topological polar surface area (TPSA) is 36.3 Å². The fraction of sp³-hybridized carbons (Fsp3) is 0.400. The van der Waals surface area contributed by atoms with Crippen LogP contribution in [-0.4, -0.2) is 28.6 Å². The average molecular weight is 293 g/mol. The van der Waals surface area contributed by atoms with Crippen molar-refractivity contribution in [1.29, 1.82) is 0 Å². The zero-order valence-corrected chi connectivity index (χ0v) is 11.9. The molecule has 20 heavy (non-hydrogen) atoms. The van der Waals surface area contributed by atoms with Crippen molar-refractivity contribution in [3.63, 3.8) is 0 Å². The van der Waals surface area contributed by atoms with Crippen molar-refractivity contribution in [3.05, 3.63) is 53.6 Å². The van der Waals surface area contributed by atoms with Gasteiger partial charge in [0.05, 0.1) is 19.5 Å². The molecule has 0 amide bonds. The van der Waals surface area contributed by atoms with E-state index in [0.717, 1.165) is 24.4 Å². The number of hydrogen-bond acceptors (Lipinski definition) is 3. The Morgan fingerprint density at radius 3 is 2.60 bits per heavy atom. The quantitative estimate of drug-likeness (QED) is 0.850. The lowest BCUT2D eigenvalue weighted by Crippen LogP contribution is -2.34. The molecule has 1 aromatic carbocycles. The Morgan fingerprint density at radius 1 is 1.20 bits per heavy atom. The monoisotopic (exact) mass is 292 g/mol. The molecular weight excluding hydrogens is 276 g/mol. The van der Waals surface area contributed by atoms with Crippen LogP contribution < -0.4 is 0 Å². The standard InChI is InChI=1S/C15H17ClN2O2/c16-14-3-1-13(2-4-14)11-15(19-9-10-20-15)5-7-18-8-6-17-12-18/h1-4,6,8,12H,5,7,9-11H2. The number of hydrogen-bond donors (Lipinski definition) is 0. The molecule has 0 aliphatic carbocycles. The fourth-order valence-electron chi connectivity index (χ4n) is 2.46. The molecule has 0 atom stereocenters. The summed E-state index contributed by atoms with van der Waals surface area (Å²) in [4.78, 5) is 4.05. The summed E-state index contributed by atoms with van der Waals surface area (Å²) >= 11 is 5.92. The fourth-order valence-corrected chi connectivity index (χ4v) is 2.59. The van der Waals surface area contributed by atoms with Crippen LogP contribution in [0, 0.1) is 0 Å². The van der Waals surface area contributed by atoms with Crippen molar-refractivity contribution in [1.82, 2.24) is 9.55 Å². The number of aromatic nitrogens is 2. The van der Waals surface area contributed by atoms with Gasteiger partial charge in [-0.3, -0.25) is 0 Å². The molecule has 2 aromatic rings. The molecule has 0 N–H and O–H groups in total. The largest absolute Gasteiger partial charge is 0.347 e. The maximum Gasteiger partial charge on any atom is 0.174 e. The van der Waals surface area contributed by atoms with E-state index in [1.54, 1.807) is 6.20 Å². The van der Waals surface area contributed by atoms with Crippen LogP contribution in [0.1, 0.15) is 12.0 Å². The van der Waals surface area contributed by atoms with E-state index in [4.69, 9.17) is 21.1 Å². The summed E-state index contributed by atoms with van der Waals surface area (Å²) in [7, 11) is 0. The molecule has 0 radical (unpaired) electrons. The lowest BCUT2D eigenvalue weighted by atomic mass is 10.0. The lowest BCUT2D eigenvalue weighted by Gasteiger charge is -2.27. The Labute approximate surface area is 123 Å². The SMILES string of the molecule is Clc1ccc(CC2(CCn3ccnc3)OCCO2)cc1. The Morgan fingerprint density at radius 2 is 1.95 bits per heavy atom. The predicted molar refractivity (Wildman–Crippen MR) is 76.6 cm³/mol. The summed E-state index contributed by atoms with van der Waals surface area (Å²) in [5.74, 6) is -0.530. The molecule has 0 unspecified atom stereocenters. The number of imidazole rings is 1. The van der Waals surface area contributed by atoms with E-state index >= 15 is 0 Å². The molecule has 3 rings (SSSR count). The van der Waals surface area contributed by atoms with Crippen molar-refractivity contribution in [2.24, 2.45) is 0 Å². The van der Waals surface area contributed by atoms with E-state index in [1.165, 1.54) is 5.56 Å². The van der Waals surface area contributed by atoms with Gasteiger partial charge in [-0.15, -0.1) is 0 Å². The lowest BCUT2D eigenvalue weighted by molar-refractivity contribution is -0.162. The molecule has 1 aromatic heterocycles. The summed E-state index contributed by atoms with van der Waals surface area (Å²) in [6.07, 6.45) is 7.07. The van der Waals surface area contributed by atoms with Crippen LogP contribution >= 0.6 is 11.6 Å². The number of rotatable bonds is 5. The maximum atomic E-state index is 5.92. The van der Waals surface area contributed by atoms with E-state index < -0.39 is 5.79 Å². The zero-order chi connectivity index (χ0) is 13.8. The summed E-state index contributed by atoms with van der Waals surface area (Å²) < 4.78 is 13.8. The van der Waals surface area contributed by atoms with Crippen LogP contribution in [0.15, 0.2) is 43.0 Å². The molecule has 1 aliphatic rings. The van der Waals surface area contributed by atoms with E-state index in [1.807, 2.05) is 41.4 Å². The van der Waals surface area contributed by atoms with Crippen LogP contribution in [0.2, 0.25) is 5.02 Å². The van der Waals surface area contributed by atoms with Gasteiger partial charge in [0.25, 0.3) is 0 Å². The van der Waals surface area contributed by atoms with Crippen molar-refractivity contribution < 1.29 is 9.47 Å². The highest BCUT2D eigenvalue weighted by Crippen LogP contribution is 2.29. The van der Waals surface area contributed by atoms with E-state index in [2.05, 4.69) is 4.98 Å². The number of nitrogens with zero attached hydrogens (tertiary/aromatic N) is 2. The second-order valence-electron chi connectivity index (χ2n) is 4.96. The first kappa shape index (κ1) is 13.6. The van der Waals surface area contributed by atoms with E-state index in [0.29, 0.717) is 13.2 Å². The number of halogens is 1. The smallest absolute Gasteiger partial charge is 0.174 e. The van der Waals surface area contributed by atoms with Crippen molar-refractivity contribution in [2.45, 2.75) is 25.2 Å². The molecule has 2 heterocycles. The number of benzene rings is 1. The summed E-state index contributed by atoms with van der Waals surface area (Å²) in [6, 6.07) is 7.84. The third kappa shape index (κ3) is 3.20. The van der Waals surface area contributed by atoms with Crippen LogP contribution in [0.5, 0.6) is 0 Å². The second kappa shape index (κ2) is 5.95. The average Bonchev–Trinajstić information content (AvgIpc) is 3.11. The van der Waals surface area contributed by atoms with E-state index in [-0.39, 0.29) is 0 Å². The highest BCUT2D eigenvalue weighted by atomic mass is 35.5. The van der Waals surface area contributed by atoms with Crippen molar-refractivity contribution in [2.75, 3.05) is 13.2 Å². The molecule has 1 aliphatic heterocycles. The van der Waals surface area contributed by atoms with Gasteiger partial charge < -0.3 is 14.0 Å². The van der Waals surface area contributed by atoms with Crippen LogP contribution in [-0.2, 0) is 22.4 Å². The minimum absolute atomic E-state index is 0.530. The normalized spacial score (nSPS) is 17.4. The molecular formula is C15H17ClN2O2. The van der Waals surface area contributed by atoms with Crippen molar-refractivity contribution in [3.8, 4) is 0 Å². The Bertz CT molecular complexity index is 534. The predicted octanol–water partition coefficient (Wildman–Crippen LogP) is 2.91. The van der Waals surface area contributed by atoms with Gasteiger partial charge in [-0.2, -0.15) is 0 Å². The van der Waals surface area contributed by atoms with Gasteiger partial charge >= 0.3 is 0 Å². The van der Waals surface area contributed by atoms with Gasteiger partial charge in [0.15, 0.2) is 5.79 Å². The van der Waals surface area contributed by atoms with Crippen molar-refractivity contribution >= 4 is 11.6 Å². The Kier molecular flexibility index (Phi) is 4.05. The van der Waals surface area contributed by atoms with Gasteiger partial charge in [-0.25, -0.2) is 4.98 Å². The molecule has 0 saturated carbocycles. The van der Waals surface area contributed by atoms with Gasteiger partial charge in [0.2, 0.25) is 0 Å². The second-order valence-corrected chi connectivity index (χ2v) is 5.40. The zero-order valence-electron chi connectivity index (χ0n) is 11.2. The maximum absolute atomic E-state index is 5.92. The molecule has 106 valence electrons. The highest BCUT2D eigenvalue weighted by molar-refractivity contribution is 6.30. The molecule has 1 fully saturated rings. The minimum Gasteiger partial charge on any atom is -0.347 e. The number of aryl methyl sites for hydroxylation is 1. The molecule has 0 spiro atoms. The van der Waals surface area contributed by atoms with Crippen LogP contribution in [0.3, 0.4) is 0 Å². The minimum atomic E-state index is -0.530. The Balaban J connectivity index is 1.69. The first-order chi connectivity index (χ1) is 9.76. The molecule has 5 heteroatoms. The molecule has 0 bridgehead atoms. The first-order valence-corrected chi connectivity index (χ1v) is 7.12. The third-order valence-corrected chi connectivity index (χ3v) is 3.76. The van der Waals surface area contributed by atoms with Gasteiger partial charge in [0.1, 0.15) is 0 Å². The summed E-state index contributed by atoms with van der Waals surface area (Å²) in [5, 5.41) is 0.745. The van der Waals surface area contributed by atoms with Gasteiger partial charge in [0, 0.05) is 36.8 Å². The first-order valence-electron chi connectivity index (χ1n) is 6.74. The Hall–Kier alpha value is -1.36. The van der Waals surface area contributed by atoms with E-state index in [9.17, 15) is 0 Å². The molecule has 4 nitrogen and oxygen atoms in total. The summed E-state index contributed by atoms with van der Waals surface area (Å²) in [5.41, 5.74) is 1.17. The van der Waals surface area contributed by atoms with Gasteiger partial charge in [-0.05, 0) is 17.7 Å². The van der Waals surface area contributed by atoms with Crippen LogP contribution in [0.4, 0.5) is 0 Å². The molecule has 1 saturated heterocycles. The summed E-state index contributed by atoms with van der Waals surface area (Å²) in [6.45, 7) is 2.13. The highest BCUT2D eigenvalue weighted by Gasteiger charge is 2.36. The third-order valence-electron chi connectivity index (χ3n) is 3.51. The van der Waals surface area contributed by atoms with Gasteiger partial charge in [-0.1, -0.05) is 23.7 Å². The number of ether oxygens (including phenoxy) is 2.